The summed E-state index contributed by atoms with van der Waals surface area (Å²) in [6.07, 6.45) is 3.14. The fraction of sp³-hybridized carbons (Fsp3) is 0.167. The van der Waals surface area contributed by atoms with E-state index in [1.54, 1.807) is 19.3 Å². The zero-order chi connectivity index (χ0) is 23.8. The number of imide groups is 1. The molecule has 10 heteroatoms. The maximum absolute atomic E-state index is 11.6. The number of nitrogens with zero attached hydrogens (tertiary/aromatic N) is 2. The van der Waals surface area contributed by atoms with Gasteiger partial charge in [0.15, 0.2) is 0 Å². The molecule has 0 unspecified atom stereocenters. The molecule has 1 aromatic heterocycles. The lowest BCUT2D eigenvalue weighted by Crippen LogP contribution is -2.21. The molecule has 9 nitrogen and oxygen atoms in total. The third kappa shape index (κ3) is 6.56. The van der Waals surface area contributed by atoms with Crippen molar-refractivity contribution in [2.45, 2.75) is 6.54 Å². The molecule has 1 saturated heterocycles. The van der Waals surface area contributed by atoms with E-state index in [1.165, 1.54) is 6.33 Å². The lowest BCUT2D eigenvalue weighted by molar-refractivity contribution is -0.115. The number of hydrogen-bond acceptors (Lipinski definition) is 9. The van der Waals surface area contributed by atoms with Crippen molar-refractivity contribution in [3.63, 3.8) is 0 Å². The Hall–Kier alpha value is -3.89. The predicted octanol–water partition coefficient (Wildman–Crippen LogP) is 3.77. The van der Waals surface area contributed by atoms with E-state index in [0.29, 0.717) is 42.0 Å². The minimum Gasteiger partial charge on any atom is -0.497 e. The molecule has 4 rings (SSSR count). The maximum atomic E-state index is 11.6. The molecule has 0 saturated carbocycles. The van der Waals surface area contributed by atoms with Gasteiger partial charge >= 0.3 is 0 Å². The van der Waals surface area contributed by atoms with E-state index in [-0.39, 0.29) is 11.1 Å². The molecule has 2 aromatic carbocycles. The molecule has 2 amide bonds. The van der Waals surface area contributed by atoms with Crippen molar-refractivity contribution in [3.05, 3.63) is 77.1 Å². The van der Waals surface area contributed by atoms with Crippen LogP contribution in [0.2, 0.25) is 0 Å². The number of rotatable bonds is 10. The summed E-state index contributed by atoms with van der Waals surface area (Å²) in [7, 11) is 1.61. The highest BCUT2D eigenvalue weighted by molar-refractivity contribution is 8.18. The molecule has 2 N–H and O–H groups in total. The van der Waals surface area contributed by atoms with Crippen molar-refractivity contribution < 1.29 is 23.8 Å². The van der Waals surface area contributed by atoms with Gasteiger partial charge in [0.25, 0.3) is 11.1 Å². The van der Waals surface area contributed by atoms with Crippen LogP contribution in [0.25, 0.3) is 6.08 Å². The standard InChI is InChI=1S/C24H22N4O5S/c1-31-18-6-8-20(9-7-18)33-22-13-17(26-15-27-22)14-25-10-11-32-19-4-2-16(3-5-19)12-21-23(29)28-24(30)34-21/h2-9,12-13,15,25H,10-11,14H2,1H3,(H,28,29,30). The van der Waals surface area contributed by atoms with E-state index >= 15 is 0 Å². The van der Waals surface area contributed by atoms with E-state index < -0.39 is 0 Å². The molecule has 3 aromatic rings. The first-order valence-electron chi connectivity index (χ1n) is 10.4. The first-order chi connectivity index (χ1) is 16.6. The van der Waals surface area contributed by atoms with Gasteiger partial charge in [0.1, 0.15) is 30.2 Å². The second kappa shape index (κ2) is 11.3. The molecule has 0 aliphatic carbocycles. The monoisotopic (exact) mass is 478 g/mol. The molecule has 1 fully saturated rings. The maximum Gasteiger partial charge on any atom is 0.290 e. The SMILES string of the molecule is COc1ccc(Oc2cc(CNCCOc3ccc(C=C4SC(=O)NC4=O)cc3)ncn2)cc1. The Labute approximate surface area is 200 Å². The van der Waals surface area contributed by atoms with Gasteiger partial charge in [-0.25, -0.2) is 9.97 Å². The Kier molecular flexibility index (Phi) is 7.74. The minimum atomic E-state index is -0.371. The van der Waals surface area contributed by atoms with Crippen LogP contribution in [0.1, 0.15) is 11.3 Å². The number of nitrogens with one attached hydrogen (secondary N) is 2. The smallest absolute Gasteiger partial charge is 0.290 e. The molecule has 0 spiro atoms. The van der Waals surface area contributed by atoms with Crippen LogP contribution in [0, 0.1) is 0 Å². The Morgan fingerprint density at radius 2 is 1.74 bits per heavy atom. The van der Waals surface area contributed by atoms with Crippen LogP contribution in [-0.4, -0.2) is 41.4 Å². The van der Waals surface area contributed by atoms with E-state index in [2.05, 4.69) is 20.6 Å². The van der Waals surface area contributed by atoms with Gasteiger partial charge in [-0.3, -0.25) is 14.9 Å². The Bertz CT molecular complexity index is 1180. The van der Waals surface area contributed by atoms with Gasteiger partial charge in [-0.2, -0.15) is 0 Å². The molecule has 1 aliphatic heterocycles. The Morgan fingerprint density at radius 1 is 1.00 bits per heavy atom. The molecule has 174 valence electrons. The number of carbonyl (C=O) groups is 2. The highest BCUT2D eigenvalue weighted by atomic mass is 32.2. The fourth-order valence-corrected chi connectivity index (χ4v) is 3.67. The van der Waals surface area contributed by atoms with E-state index in [1.807, 2.05) is 48.5 Å². The number of ether oxygens (including phenoxy) is 3. The molecule has 0 radical (unpaired) electrons. The van der Waals surface area contributed by atoms with Crippen LogP contribution in [0.5, 0.6) is 23.1 Å². The number of amides is 2. The molecule has 34 heavy (non-hydrogen) atoms. The third-order valence-corrected chi connectivity index (χ3v) is 5.46. The predicted molar refractivity (Wildman–Crippen MR) is 128 cm³/mol. The summed E-state index contributed by atoms with van der Waals surface area (Å²) in [4.78, 5) is 31.6. The second-order valence-corrected chi connectivity index (χ2v) is 8.09. The summed E-state index contributed by atoms with van der Waals surface area (Å²) in [5.41, 5.74) is 1.61. The van der Waals surface area contributed by atoms with Crippen LogP contribution in [0.15, 0.2) is 65.8 Å². The van der Waals surface area contributed by atoms with Gasteiger partial charge < -0.3 is 19.5 Å². The van der Waals surface area contributed by atoms with Gasteiger partial charge in [0.2, 0.25) is 5.88 Å². The van der Waals surface area contributed by atoms with Gasteiger partial charge in [0, 0.05) is 19.2 Å². The summed E-state index contributed by atoms with van der Waals surface area (Å²) in [5, 5.41) is 5.15. The molecular weight excluding hydrogens is 456 g/mol. The number of methoxy groups -OCH3 is 1. The van der Waals surface area contributed by atoms with Crippen LogP contribution >= 0.6 is 11.8 Å². The largest absolute Gasteiger partial charge is 0.497 e. The lowest BCUT2D eigenvalue weighted by atomic mass is 10.2. The quantitative estimate of drug-likeness (QED) is 0.332. The summed E-state index contributed by atoms with van der Waals surface area (Å²) >= 11 is 0.893. The Morgan fingerprint density at radius 3 is 2.44 bits per heavy atom. The zero-order valence-electron chi connectivity index (χ0n) is 18.3. The van der Waals surface area contributed by atoms with Crippen molar-refractivity contribution >= 4 is 29.0 Å². The topological polar surface area (TPSA) is 112 Å². The van der Waals surface area contributed by atoms with E-state index in [0.717, 1.165) is 28.8 Å². The summed E-state index contributed by atoms with van der Waals surface area (Å²) in [6.45, 7) is 1.62. The molecule has 2 heterocycles. The van der Waals surface area contributed by atoms with Crippen LogP contribution in [-0.2, 0) is 11.3 Å². The van der Waals surface area contributed by atoms with Gasteiger partial charge in [-0.05, 0) is 59.8 Å². The van der Waals surface area contributed by atoms with Crippen LogP contribution in [0.4, 0.5) is 4.79 Å². The first kappa shape index (κ1) is 23.3. The zero-order valence-corrected chi connectivity index (χ0v) is 19.1. The van der Waals surface area contributed by atoms with Crippen molar-refractivity contribution in [1.82, 2.24) is 20.6 Å². The molecule has 0 bridgehead atoms. The molecular formula is C24H22N4O5S. The average molecular weight is 479 g/mol. The summed E-state index contributed by atoms with van der Waals surface area (Å²) in [6, 6.07) is 16.3. The fourth-order valence-electron chi connectivity index (χ4n) is 2.98. The lowest BCUT2D eigenvalue weighted by Gasteiger charge is -2.09. The van der Waals surface area contributed by atoms with Crippen molar-refractivity contribution in [2.24, 2.45) is 0 Å². The minimum absolute atomic E-state index is 0.355. The van der Waals surface area contributed by atoms with Crippen molar-refractivity contribution in [2.75, 3.05) is 20.3 Å². The molecule has 0 atom stereocenters. The first-order valence-corrected chi connectivity index (χ1v) is 11.2. The second-order valence-electron chi connectivity index (χ2n) is 7.07. The van der Waals surface area contributed by atoms with Crippen molar-refractivity contribution in [1.29, 1.82) is 0 Å². The Balaban J connectivity index is 1.20. The van der Waals surface area contributed by atoms with Gasteiger partial charge in [-0.1, -0.05) is 12.1 Å². The van der Waals surface area contributed by atoms with Gasteiger partial charge in [-0.15, -0.1) is 0 Å². The van der Waals surface area contributed by atoms with E-state index in [9.17, 15) is 9.59 Å². The van der Waals surface area contributed by atoms with E-state index in [4.69, 9.17) is 14.2 Å². The van der Waals surface area contributed by atoms with Crippen LogP contribution in [0.3, 0.4) is 0 Å². The third-order valence-electron chi connectivity index (χ3n) is 4.65. The number of aromatic nitrogens is 2. The summed E-state index contributed by atoms with van der Waals surface area (Å²) in [5.74, 6) is 2.21. The highest BCUT2D eigenvalue weighted by Crippen LogP contribution is 2.26. The number of thioether (sulfide) groups is 1. The number of carbonyl (C=O) groups excluding carboxylic acids is 2. The number of hydrogen-bond donors (Lipinski definition) is 2. The van der Waals surface area contributed by atoms with Crippen molar-refractivity contribution in [3.8, 4) is 23.1 Å². The highest BCUT2D eigenvalue weighted by Gasteiger charge is 2.24. The van der Waals surface area contributed by atoms with Gasteiger partial charge in [0.05, 0.1) is 17.7 Å². The summed E-state index contributed by atoms with van der Waals surface area (Å²) < 4.78 is 16.6. The van der Waals surface area contributed by atoms with Crippen LogP contribution < -0.4 is 24.8 Å². The number of benzene rings is 2. The molecule has 1 aliphatic rings. The normalized spacial score (nSPS) is 14.2. The average Bonchev–Trinajstić information content (AvgIpc) is 3.17.